The summed E-state index contributed by atoms with van der Waals surface area (Å²) in [4.78, 5) is 4.17. The minimum atomic E-state index is -0.460. The van der Waals surface area contributed by atoms with Crippen LogP contribution in [-0.2, 0) is 0 Å². The average Bonchev–Trinajstić information content (AvgIpc) is 2.64. The molecule has 0 saturated carbocycles. The van der Waals surface area contributed by atoms with E-state index in [1.165, 1.54) is 0 Å². The third-order valence-corrected chi connectivity index (χ3v) is 3.06. The Hall–Kier alpha value is -1.06. The molecule has 0 aliphatic heterocycles. The molecule has 5 nitrogen and oxygen atoms in total. The van der Waals surface area contributed by atoms with Crippen LogP contribution in [-0.4, -0.2) is 33.5 Å². The Morgan fingerprint density at radius 3 is 2.87 bits per heavy atom. The fraction of sp³-hybridized carbons (Fsp3) is 0.667. The summed E-state index contributed by atoms with van der Waals surface area (Å²) in [5.41, 5.74) is -0.460. The second-order valence-corrected chi connectivity index (χ2v) is 4.56. The predicted octanol–water partition coefficient (Wildman–Crippen LogP) is 1.10. The number of aromatic nitrogens is 3. The molecular weight excluding hydrogens is 210 g/mol. The number of rotatable bonds is 5. The van der Waals surface area contributed by atoms with Crippen LogP contribution < -0.4 is 5.32 Å². The number of thioether (sulfide) groups is 1. The third kappa shape index (κ3) is 3.53. The number of nitrogens with zero attached hydrogens (tertiary/aromatic N) is 3. The summed E-state index contributed by atoms with van der Waals surface area (Å²) in [6.07, 6.45) is 0.762. The van der Waals surface area contributed by atoms with Crippen molar-refractivity contribution in [2.75, 3.05) is 12.8 Å². The van der Waals surface area contributed by atoms with E-state index in [9.17, 15) is 0 Å². The molecule has 0 spiro atoms. The molecule has 6 heteroatoms. The summed E-state index contributed by atoms with van der Waals surface area (Å²) in [6.45, 7) is 3.75. The first-order valence-electron chi connectivity index (χ1n) is 4.71. The molecule has 1 unspecified atom stereocenters. The van der Waals surface area contributed by atoms with Crippen molar-refractivity contribution in [1.29, 1.82) is 5.26 Å². The van der Waals surface area contributed by atoms with Gasteiger partial charge in [0.1, 0.15) is 11.4 Å². The van der Waals surface area contributed by atoms with E-state index in [4.69, 9.17) is 5.26 Å². The highest BCUT2D eigenvalue weighted by molar-refractivity contribution is 7.99. The van der Waals surface area contributed by atoms with Gasteiger partial charge in [0.25, 0.3) is 0 Å². The number of aromatic amines is 1. The van der Waals surface area contributed by atoms with Crippen molar-refractivity contribution in [3.05, 3.63) is 5.82 Å². The van der Waals surface area contributed by atoms with Gasteiger partial charge < -0.3 is 5.32 Å². The minimum absolute atomic E-state index is 0.460. The van der Waals surface area contributed by atoms with E-state index in [0.717, 1.165) is 23.2 Å². The number of aryl methyl sites for hydroxylation is 1. The van der Waals surface area contributed by atoms with E-state index in [2.05, 4.69) is 26.6 Å². The summed E-state index contributed by atoms with van der Waals surface area (Å²) in [7, 11) is 1.80. The monoisotopic (exact) mass is 225 g/mol. The Morgan fingerprint density at radius 2 is 2.40 bits per heavy atom. The number of hydrogen-bond acceptors (Lipinski definition) is 5. The maximum atomic E-state index is 8.93. The lowest BCUT2D eigenvalue weighted by Crippen LogP contribution is -2.38. The van der Waals surface area contributed by atoms with Crippen molar-refractivity contribution in [1.82, 2.24) is 20.5 Å². The van der Waals surface area contributed by atoms with Gasteiger partial charge in [0.05, 0.1) is 6.07 Å². The van der Waals surface area contributed by atoms with Crippen molar-refractivity contribution < 1.29 is 0 Å². The summed E-state index contributed by atoms with van der Waals surface area (Å²) in [6, 6.07) is 2.25. The lowest BCUT2D eigenvalue weighted by Gasteiger charge is -2.19. The van der Waals surface area contributed by atoms with E-state index in [1.807, 2.05) is 13.8 Å². The van der Waals surface area contributed by atoms with Gasteiger partial charge in [0.15, 0.2) is 0 Å². The van der Waals surface area contributed by atoms with E-state index in [1.54, 1.807) is 18.8 Å². The molecule has 2 N–H and O–H groups in total. The van der Waals surface area contributed by atoms with Crippen LogP contribution in [0.25, 0.3) is 0 Å². The fourth-order valence-electron chi connectivity index (χ4n) is 0.970. The van der Waals surface area contributed by atoms with Crippen molar-refractivity contribution in [3.63, 3.8) is 0 Å². The SMILES string of the molecule is CNC(C)(C#N)CCSc1n[nH]c(C)n1. The predicted molar refractivity (Wildman–Crippen MR) is 59.5 cm³/mol. The van der Waals surface area contributed by atoms with Crippen LogP contribution in [0.1, 0.15) is 19.2 Å². The van der Waals surface area contributed by atoms with Gasteiger partial charge in [0.2, 0.25) is 5.16 Å². The third-order valence-electron chi connectivity index (χ3n) is 2.21. The van der Waals surface area contributed by atoms with Gasteiger partial charge in [-0.3, -0.25) is 5.10 Å². The molecular formula is C9H15N5S. The van der Waals surface area contributed by atoms with E-state index in [-0.39, 0.29) is 0 Å². The first kappa shape index (κ1) is 12.0. The summed E-state index contributed by atoms with van der Waals surface area (Å²) >= 11 is 1.55. The maximum Gasteiger partial charge on any atom is 0.208 e. The molecule has 0 radical (unpaired) electrons. The zero-order valence-electron chi connectivity index (χ0n) is 9.16. The van der Waals surface area contributed by atoms with Crippen LogP contribution >= 0.6 is 11.8 Å². The number of nitriles is 1. The molecule has 0 aliphatic rings. The van der Waals surface area contributed by atoms with Crippen LogP contribution in [0, 0.1) is 18.3 Å². The topological polar surface area (TPSA) is 77.4 Å². The van der Waals surface area contributed by atoms with Crippen LogP contribution in [0.15, 0.2) is 5.16 Å². The Kier molecular flexibility index (Phi) is 4.12. The molecule has 1 rings (SSSR count). The standard InChI is InChI=1S/C9H15N5S/c1-7-12-8(14-13-7)15-5-4-9(2,6-10)11-3/h11H,4-5H2,1-3H3,(H,12,13,14). The van der Waals surface area contributed by atoms with Crippen molar-refractivity contribution in [2.45, 2.75) is 31.0 Å². The van der Waals surface area contributed by atoms with Gasteiger partial charge in [-0.2, -0.15) is 5.26 Å². The normalized spacial score (nSPS) is 14.5. The molecule has 1 aromatic heterocycles. The molecule has 0 bridgehead atoms. The van der Waals surface area contributed by atoms with Gasteiger partial charge in [0, 0.05) is 5.75 Å². The first-order chi connectivity index (χ1) is 7.09. The average molecular weight is 225 g/mol. The maximum absolute atomic E-state index is 8.93. The molecule has 15 heavy (non-hydrogen) atoms. The second-order valence-electron chi connectivity index (χ2n) is 3.50. The highest BCUT2D eigenvalue weighted by Gasteiger charge is 2.20. The molecule has 0 saturated heterocycles. The van der Waals surface area contributed by atoms with Gasteiger partial charge in [-0.25, -0.2) is 4.98 Å². The van der Waals surface area contributed by atoms with Gasteiger partial charge in [-0.1, -0.05) is 11.8 Å². The van der Waals surface area contributed by atoms with E-state index in [0.29, 0.717) is 0 Å². The van der Waals surface area contributed by atoms with Crippen LogP contribution in [0.2, 0.25) is 0 Å². The lowest BCUT2D eigenvalue weighted by atomic mass is 10.0. The van der Waals surface area contributed by atoms with E-state index >= 15 is 0 Å². The molecule has 0 aliphatic carbocycles. The molecule has 1 heterocycles. The smallest absolute Gasteiger partial charge is 0.208 e. The highest BCUT2D eigenvalue weighted by atomic mass is 32.2. The molecule has 1 atom stereocenters. The molecule has 82 valence electrons. The quantitative estimate of drug-likeness (QED) is 0.734. The molecule has 0 fully saturated rings. The van der Waals surface area contributed by atoms with Crippen molar-refractivity contribution in [3.8, 4) is 6.07 Å². The lowest BCUT2D eigenvalue weighted by molar-refractivity contribution is 0.479. The molecule has 0 amide bonds. The van der Waals surface area contributed by atoms with Gasteiger partial charge >= 0.3 is 0 Å². The zero-order chi connectivity index (χ0) is 11.3. The second kappa shape index (κ2) is 5.14. The van der Waals surface area contributed by atoms with Crippen LogP contribution in [0.5, 0.6) is 0 Å². The summed E-state index contributed by atoms with van der Waals surface area (Å²) < 4.78 is 0. The van der Waals surface area contributed by atoms with Crippen molar-refractivity contribution >= 4 is 11.8 Å². The van der Waals surface area contributed by atoms with Crippen molar-refractivity contribution in [2.24, 2.45) is 0 Å². The number of nitrogens with one attached hydrogen (secondary N) is 2. The number of H-pyrrole nitrogens is 1. The fourth-order valence-corrected chi connectivity index (χ4v) is 1.97. The summed E-state index contributed by atoms with van der Waals surface area (Å²) in [5.74, 6) is 1.64. The first-order valence-corrected chi connectivity index (χ1v) is 5.70. The van der Waals surface area contributed by atoms with Gasteiger partial charge in [-0.05, 0) is 27.3 Å². The Labute approximate surface area is 93.7 Å². The Balaban J connectivity index is 2.37. The van der Waals surface area contributed by atoms with Gasteiger partial charge in [-0.15, -0.1) is 5.10 Å². The molecule has 1 aromatic rings. The largest absolute Gasteiger partial charge is 0.303 e. The highest BCUT2D eigenvalue weighted by Crippen LogP contribution is 2.17. The van der Waals surface area contributed by atoms with Crippen LogP contribution in [0.4, 0.5) is 0 Å². The van der Waals surface area contributed by atoms with Crippen LogP contribution in [0.3, 0.4) is 0 Å². The van der Waals surface area contributed by atoms with E-state index < -0.39 is 5.54 Å². The molecule has 0 aromatic carbocycles. The zero-order valence-corrected chi connectivity index (χ0v) is 9.98. The summed E-state index contributed by atoms with van der Waals surface area (Å²) in [5, 5.41) is 19.5. The minimum Gasteiger partial charge on any atom is -0.303 e. The number of hydrogen-bond donors (Lipinski definition) is 2. The Morgan fingerprint density at radius 1 is 1.67 bits per heavy atom. The Bertz CT molecular complexity index is 356.